The Bertz CT molecular complexity index is 1170. The van der Waals surface area contributed by atoms with Crippen LogP contribution in [0.1, 0.15) is 5.56 Å². The minimum atomic E-state index is -0.310. The van der Waals surface area contributed by atoms with E-state index in [1.165, 1.54) is 18.2 Å². The molecule has 0 fully saturated rings. The number of hydrogen-bond acceptors (Lipinski definition) is 4. The van der Waals surface area contributed by atoms with E-state index in [2.05, 4.69) is 10.3 Å². The maximum Gasteiger partial charge on any atom is 0.133 e. The van der Waals surface area contributed by atoms with E-state index in [9.17, 15) is 9.18 Å². The summed E-state index contributed by atoms with van der Waals surface area (Å²) in [6.45, 7) is 0.845. The predicted octanol–water partition coefficient (Wildman–Crippen LogP) is 4.75. The molecule has 4 rings (SSSR count). The van der Waals surface area contributed by atoms with E-state index in [-0.39, 0.29) is 12.4 Å². The molecule has 148 valence electrons. The van der Waals surface area contributed by atoms with Crippen LogP contribution in [0.2, 0.25) is 0 Å². The second-order valence-electron chi connectivity index (χ2n) is 6.66. The lowest BCUT2D eigenvalue weighted by Gasteiger charge is -2.12. The highest BCUT2D eigenvalue weighted by molar-refractivity contribution is 5.89. The molecule has 1 N–H and O–H groups in total. The SMILES string of the molecule is O=C=CCn1nc(-c2ccc(F)cc2)c(-c2ccncc2)c1NCc1ccccc1. The van der Waals surface area contributed by atoms with Crippen LogP contribution in [0.25, 0.3) is 22.4 Å². The van der Waals surface area contributed by atoms with Gasteiger partial charge in [0.2, 0.25) is 0 Å². The van der Waals surface area contributed by atoms with Gasteiger partial charge in [0, 0.05) is 30.6 Å². The van der Waals surface area contributed by atoms with E-state index in [0.717, 1.165) is 28.1 Å². The van der Waals surface area contributed by atoms with Crippen LogP contribution in [0.15, 0.2) is 85.2 Å². The molecule has 0 saturated heterocycles. The molecule has 4 aromatic rings. The third-order valence-corrected chi connectivity index (χ3v) is 4.69. The fourth-order valence-electron chi connectivity index (χ4n) is 3.28. The highest BCUT2D eigenvalue weighted by Gasteiger charge is 2.20. The van der Waals surface area contributed by atoms with E-state index in [1.807, 2.05) is 48.4 Å². The number of nitrogens with one attached hydrogen (secondary N) is 1. The summed E-state index contributed by atoms with van der Waals surface area (Å²) in [6, 6.07) is 20.0. The van der Waals surface area contributed by atoms with E-state index >= 15 is 0 Å². The zero-order valence-corrected chi connectivity index (χ0v) is 16.1. The quantitative estimate of drug-likeness (QED) is 0.457. The summed E-state index contributed by atoms with van der Waals surface area (Å²) in [5, 5.41) is 8.20. The van der Waals surface area contributed by atoms with Crippen LogP contribution in [0.3, 0.4) is 0 Å². The molecule has 0 saturated carbocycles. The van der Waals surface area contributed by atoms with Gasteiger partial charge >= 0.3 is 0 Å². The van der Waals surface area contributed by atoms with Gasteiger partial charge in [-0.05, 0) is 47.5 Å². The maximum absolute atomic E-state index is 13.5. The molecule has 2 heterocycles. The van der Waals surface area contributed by atoms with Crippen LogP contribution in [0.5, 0.6) is 0 Å². The zero-order valence-electron chi connectivity index (χ0n) is 16.1. The van der Waals surface area contributed by atoms with E-state index < -0.39 is 0 Å². The number of pyridine rings is 1. The normalized spacial score (nSPS) is 10.4. The van der Waals surface area contributed by atoms with Gasteiger partial charge in [-0.3, -0.25) is 4.98 Å². The minimum Gasteiger partial charge on any atom is -0.366 e. The number of halogens is 1. The number of nitrogens with zero attached hydrogens (tertiary/aromatic N) is 3. The number of carbonyl (C=O) groups excluding carboxylic acids is 1. The molecule has 0 radical (unpaired) electrons. The molecule has 0 amide bonds. The molecule has 0 aliphatic heterocycles. The van der Waals surface area contributed by atoms with Gasteiger partial charge in [-0.15, -0.1) is 0 Å². The van der Waals surface area contributed by atoms with Crippen molar-refractivity contribution in [1.29, 1.82) is 0 Å². The summed E-state index contributed by atoms with van der Waals surface area (Å²) in [7, 11) is 0. The van der Waals surface area contributed by atoms with Gasteiger partial charge in [0.1, 0.15) is 23.3 Å². The standard InChI is InChI=1S/C24H19FN4O/c25-21-9-7-20(8-10-21)23-22(19-11-13-26-14-12-19)24(29(28-23)15-4-16-30)27-17-18-5-2-1-3-6-18/h1-14,27H,15,17H2. The molecule has 2 aromatic heterocycles. The van der Waals surface area contributed by atoms with Gasteiger partial charge in [-0.25, -0.2) is 13.9 Å². The molecular formula is C24H19FN4O. The molecule has 0 aliphatic rings. The molecule has 0 atom stereocenters. The lowest BCUT2D eigenvalue weighted by atomic mass is 10.0. The lowest BCUT2D eigenvalue weighted by molar-refractivity contribution is 0.566. The molecule has 0 bridgehead atoms. The second kappa shape index (κ2) is 8.99. The highest BCUT2D eigenvalue weighted by Crippen LogP contribution is 2.38. The van der Waals surface area contributed by atoms with Crippen molar-refractivity contribution in [3.05, 3.63) is 96.6 Å². The van der Waals surface area contributed by atoms with Crippen LogP contribution in [-0.2, 0) is 17.9 Å². The highest BCUT2D eigenvalue weighted by atomic mass is 19.1. The number of hydrogen-bond donors (Lipinski definition) is 1. The Morgan fingerprint density at radius 1 is 0.967 bits per heavy atom. The van der Waals surface area contributed by atoms with Crippen LogP contribution in [0, 0.1) is 5.82 Å². The predicted molar refractivity (Wildman–Crippen MR) is 115 cm³/mol. The van der Waals surface area contributed by atoms with E-state index in [1.54, 1.807) is 29.2 Å². The lowest BCUT2D eigenvalue weighted by Crippen LogP contribution is -2.08. The number of anilines is 1. The Labute approximate surface area is 173 Å². The van der Waals surface area contributed by atoms with Crippen LogP contribution in [-0.4, -0.2) is 20.7 Å². The molecule has 0 aliphatic carbocycles. The number of allylic oxidation sites excluding steroid dienone is 1. The van der Waals surface area contributed by atoms with Crippen molar-refractivity contribution < 1.29 is 9.18 Å². The molecule has 2 aromatic carbocycles. The topological polar surface area (TPSA) is 59.8 Å². The minimum absolute atomic E-state index is 0.264. The molecule has 0 unspecified atom stereocenters. The van der Waals surface area contributed by atoms with Crippen molar-refractivity contribution in [1.82, 2.24) is 14.8 Å². The molecule has 30 heavy (non-hydrogen) atoms. The van der Waals surface area contributed by atoms with Gasteiger partial charge in [-0.1, -0.05) is 30.3 Å². The summed E-state index contributed by atoms with van der Waals surface area (Å²) in [6.07, 6.45) is 4.81. The number of aromatic nitrogens is 3. The van der Waals surface area contributed by atoms with Gasteiger partial charge in [-0.2, -0.15) is 5.10 Å². The van der Waals surface area contributed by atoms with Crippen LogP contribution >= 0.6 is 0 Å². The van der Waals surface area contributed by atoms with Crippen molar-refractivity contribution in [2.24, 2.45) is 0 Å². The molecule has 6 heteroatoms. The Morgan fingerprint density at radius 3 is 2.40 bits per heavy atom. The average molecular weight is 398 g/mol. The third kappa shape index (κ3) is 4.19. The van der Waals surface area contributed by atoms with Gasteiger partial charge in [0.05, 0.1) is 12.1 Å². The van der Waals surface area contributed by atoms with Gasteiger partial charge < -0.3 is 5.32 Å². The van der Waals surface area contributed by atoms with Crippen LogP contribution in [0.4, 0.5) is 10.2 Å². The average Bonchev–Trinajstić information content (AvgIpc) is 3.16. The van der Waals surface area contributed by atoms with Crippen molar-refractivity contribution >= 4 is 11.8 Å². The molecule has 0 spiro atoms. The Morgan fingerprint density at radius 2 is 1.70 bits per heavy atom. The first-order valence-electron chi connectivity index (χ1n) is 9.50. The first kappa shape index (κ1) is 19.3. The van der Waals surface area contributed by atoms with Crippen molar-refractivity contribution in [3.8, 4) is 22.4 Å². The number of benzene rings is 2. The van der Waals surface area contributed by atoms with Crippen molar-refractivity contribution in [2.75, 3.05) is 5.32 Å². The summed E-state index contributed by atoms with van der Waals surface area (Å²) in [4.78, 5) is 15.0. The van der Waals surface area contributed by atoms with Gasteiger partial charge in [0.25, 0.3) is 0 Å². The van der Waals surface area contributed by atoms with Gasteiger partial charge in [0.15, 0.2) is 0 Å². The maximum atomic E-state index is 13.5. The fraction of sp³-hybridized carbons (Fsp3) is 0.0833. The summed E-state index contributed by atoms with van der Waals surface area (Å²) in [5.41, 5.74) is 4.36. The van der Waals surface area contributed by atoms with Crippen LogP contribution < -0.4 is 5.32 Å². The zero-order chi connectivity index (χ0) is 20.8. The van der Waals surface area contributed by atoms with Crippen molar-refractivity contribution in [3.63, 3.8) is 0 Å². The second-order valence-corrected chi connectivity index (χ2v) is 6.66. The third-order valence-electron chi connectivity index (χ3n) is 4.69. The molecule has 5 nitrogen and oxygen atoms in total. The first-order valence-corrected chi connectivity index (χ1v) is 9.50. The fourth-order valence-corrected chi connectivity index (χ4v) is 3.28. The Balaban J connectivity index is 1.86. The largest absolute Gasteiger partial charge is 0.366 e. The molecular weight excluding hydrogens is 379 g/mol. The smallest absolute Gasteiger partial charge is 0.133 e. The summed E-state index contributed by atoms with van der Waals surface area (Å²) in [5.74, 6) is 2.26. The van der Waals surface area contributed by atoms with E-state index in [0.29, 0.717) is 12.2 Å². The monoisotopic (exact) mass is 398 g/mol. The van der Waals surface area contributed by atoms with Crippen molar-refractivity contribution in [2.45, 2.75) is 13.1 Å². The first-order chi connectivity index (χ1) is 14.8. The summed E-state index contributed by atoms with van der Waals surface area (Å²) < 4.78 is 15.2. The van der Waals surface area contributed by atoms with E-state index in [4.69, 9.17) is 5.10 Å². The Kier molecular flexibility index (Phi) is 5.78. The Hall–Kier alpha value is -4.02. The summed E-state index contributed by atoms with van der Waals surface area (Å²) >= 11 is 0. The number of rotatable bonds is 7.